The molecule has 0 aromatic heterocycles. The average molecular weight is 160 g/mol. The second-order valence-corrected chi connectivity index (χ2v) is 3.94. The second kappa shape index (κ2) is 3.30. The van der Waals surface area contributed by atoms with Crippen LogP contribution in [0.1, 0.15) is 26.2 Å². The molecule has 0 aliphatic heterocycles. The molecule has 2 rings (SSSR count). The molecule has 0 aromatic carbocycles. The molecule has 0 N–H and O–H groups in total. The van der Waals surface area contributed by atoms with E-state index in [0.29, 0.717) is 0 Å². The van der Waals surface area contributed by atoms with Crippen LogP contribution in [0.4, 0.5) is 0 Å². The molecule has 0 aromatic rings. The average Bonchev–Trinajstić information content (AvgIpc) is 2.25. The van der Waals surface area contributed by atoms with Gasteiger partial charge in [-0.15, -0.1) is 0 Å². The van der Waals surface area contributed by atoms with Crippen molar-refractivity contribution < 1.29 is 0 Å². The van der Waals surface area contributed by atoms with Crippen molar-refractivity contribution in [3.63, 3.8) is 0 Å². The van der Waals surface area contributed by atoms with Crippen LogP contribution in [0.25, 0.3) is 0 Å². The molecular formula is C12H16. The molecular weight excluding hydrogens is 144 g/mol. The number of allylic oxidation sites excluding steroid dienone is 6. The monoisotopic (exact) mass is 160 g/mol. The molecule has 0 amide bonds. The molecule has 0 spiro atoms. The highest BCUT2D eigenvalue weighted by molar-refractivity contribution is 5.30. The molecule has 1 unspecified atom stereocenters. The predicted molar refractivity (Wildman–Crippen MR) is 52.9 cm³/mol. The molecule has 2 atom stereocenters. The first-order valence-electron chi connectivity index (χ1n) is 4.91. The third-order valence-electron chi connectivity index (χ3n) is 2.85. The quantitative estimate of drug-likeness (QED) is 0.509. The van der Waals surface area contributed by atoms with Gasteiger partial charge in [-0.05, 0) is 36.7 Å². The number of fused-ring (bicyclic) bond motifs is 1. The van der Waals surface area contributed by atoms with E-state index in [4.69, 9.17) is 0 Å². The normalized spacial score (nSPS) is 33.9. The maximum absolute atomic E-state index is 2.32. The van der Waals surface area contributed by atoms with Gasteiger partial charge in [0, 0.05) is 0 Å². The van der Waals surface area contributed by atoms with Gasteiger partial charge in [0.1, 0.15) is 0 Å². The summed E-state index contributed by atoms with van der Waals surface area (Å²) in [6.45, 7) is 2.31. The lowest BCUT2D eigenvalue weighted by molar-refractivity contribution is 0.465. The zero-order chi connectivity index (χ0) is 8.39. The van der Waals surface area contributed by atoms with Crippen LogP contribution in [0.15, 0.2) is 36.0 Å². The molecule has 0 heterocycles. The van der Waals surface area contributed by atoms with Crippen molar-refractivity contribution in [1.82, 2.24) is 0 Å². The van der Waals surface area contributed by atoms with Gasteiger partial charge in [-0.3, -0.25) is 0 Å². The minimum absolute atomic E-state index is 0.759. The Hall–Kier alpha value is -0.780. The Morgan fingerprint density at radius 3 is 3.25 bits per heavy atom. The van der Waals surface area contributed by atoms with E-state index in [0.717, 1.165) is 11.8 Å². The van der Waals surface area contributed by atoms with Crippen LogP contribution in [0.5, 0.6) is 0 Å². The van der Waals surface area contributed by atoms with Gasteiger partial charge in [0.05, 0.1) is 0 Å². The third kappa shape index (κ3) is 1.52. The molecule has 0 nitrogen and oxygen atoms in total. The molecule has 0 bridgehead atoms. The predicted octanol–water partition coefficient (Wildman–Crippen LogP) is 3.48. The van der Waals surface area contributed by atoms with Crippen molar-refractivity contribution >= 4 is 0 Å². The first-order chi connectivity index (χ1) is 5.86. The Balaban J connectivity index is 2.21. The standard InChI is InChI=1S/C12H16/c1-10-5-4-8-11-6-2-3-7-12(11)9-10/h2,4-6,8,10,12H,3,7,9H2,1H3/t10?,12-/m0/s1. The van der Waals surface area contributed by atoms with Gasteiger partial charge < -0.3 is 0 Å². The minimum Gasteiger partial charge on any atom is -0.0842 e. The Labute approximate surface area is 74.7 Å². The van der Waals surface area contributed by atoms with Gasteiger partial charge in [0.25, 0.3) is 0 Å². The topological polar surface area (TPSA) is 0 Å². The summed E-state index contributed by atoms with van der Waals surface area (Å²) in [5.41, 5.74) is 1.54. The molecule has 12 heavy (non-hydrogen) atoms. The molecule has 2 aliphatic rings. The second-order valence-electron chi connectivity index (χ2n) is 3.94. The highest BCUT2D eigenvalue weighted by Crippen LogP contribution is 2.31. The minimum atomic E-state index is 0.759. The van der Waals surface area contributed by atoms with E-state index < -0.39 is 0 Å². The summed E-state index contributed by atoms with van der Waals surface area (Å²) in [5.74, 6) is 1.59. The fourth-order valence-corrected chi connectivity index (χ4v) is 2.15. The molecule has 0 saturated heterocycles. The Morgan fingerprint density at radius 1 is 1.42 bits per heavy atom. The number of hydrogen-bond donors (Lipinski definition) is 0. The smallest absolute Gasteiger partial charge is 0.0154 e. The van der Waals surface area contributed by atoms with E-state index in [1.165, 1.54) is 19.3 Å². The fraction of sp³-hybridized carbons (Fsp3) is 0.500. The molecule has 0 fully saturated rings. The lowest BCUT2D eigenvalue weighted by atomic mass is 9.84. The number of rotatable bonds is 0. The van der Waals surface area contributed by atoms with Crippen LogP contribution in [0.3, 0.4) is 0 Å². The largest absolute Gasteiger partial charge is 0.0842 e. The Kier molecular flexibility index (Phi) is 2.16. The van der Waals surface area contributed by atoms with E-state index in [2.05, 4.69) is 37.3 Å². The maximum atomic E-state index is 2.32. The zero-order valence-electron chi connectivity index (χ0n) is 7.66. The van der Waals surface area contributed by atoms with E-state index >= 15 is 0 Å². The van der Waals surface area contributed by atoms with Crippen molar-refractivity contribution in [1.29, 1.82) is 0 Å². The fourth-order valence-electron chi connectivity index (χ4n) is 2.15. The Bertz CT molecular complexity index is 243. The Morgan fingerprint density at radius 2 is 2.33 bits per heavy atom. The van der Waals surface area contributed by atoms with Crippen molar-refractivity contribution in [3.8, 4) is 0 Å². The van der Waals surface area contributed by atoms with Crippen molar-refractivity contribution in [2.45, 2.75) is 26.2 Å². The van der Waals surface area contributed by atoms with Crippen molar-refractivity contribution in [2.75, 3.05) is 0 Å². The van der Waals surface area contributed by atoms with Crippen molar-refractivity contribution in [3.05, 3.63) is 36.0 Å². The molecule has 0 heteroatoms. The highest BCUT2D eigenvalue weighted by atomic mass is 14.2. The summed E-state index contributed by atoms with van der Waals surface area (Å²) in [5, 5.41) is 0. The van der Waals surface area contributed by atoms with Crippen LogP contribution in [-0.4, -0.2) is 0 Å². The van der Waals surface area contributed by atoms with Crippen molar-refractivity contribution in [2.24, 2.45) is 11.8 Å². The zero-order valence-corrected chi connectivity index (χ0v) is 7.66. The van der Waals surface area contributed by atoms with E-state index in [1.54, 1.807) is 5.57 Å². The molecule has 64 valence electrons. The van der Waals surface area contributed by atoms with Gasteiger partial charge >= 0.3 is 0 Å². The third-order valence-corrected chi connectivity index (χ3v) is 2.85. The summed E-state index contributed by atoms with van der Waals surface area (Å²) in [6.07, 6.45) is 15.4. The first kappa shape index (κ1) is 7.85. The number of hydrogen-bond acceptors (Lipinski definition) is 0. The first-order valence-corrected chi connectivity index (χ1v) is 4.91. The molecule has 0 radical (unpaired) electrons. The van der Waals surface area contributed by atoms with Crippen LogP contribution in [0, 0.1) is 11.8 Å². The van der Waals surface area contributed by atoms with Crippen LogP contribution in [0.2, 0.25) is 0 Å². The van der Waals surface area contributed by atoms with Crippen LogP contribution >= 0.6 is 0 Å². The lowest BCUT2D eigenvalue weighted by Crippen LogP contribution is -2.08. The van der Waals surface area contributed by atoms with Crippen LogP contribution in [-0.2, 0) is 0 Å². The summed E-state index contributed by atoms with van der Waals surface area (Å²) < 4.78 is 0. The SMILES string of the molecule is CC1C=CC=C2C=CCC[C@H]2C1. The summed E-state index contributed by atoms with van der Waals surface area (Å²) in [4.78, 5) is 0. The maximum Gasteiger partial charge on any atom is -0.0154 e. The molecule has 2 aliphatic carbocycles. The lowest BCUT2D eigenvalue weighted by Gasteiger charge is -2.21. The van der Waals surface area contributed by atoms with Gasteiger partial charge in [0.2, 0.25) is 0 Å². The summed E-state index contributed by atoms with van der Waals surface area (Å²) in [6, 6.07) is 0. The summed E-state index contributed by atoms with van der Waals surface area (Å²) in [7, 11) is 0. The van der Waals surface area contributed by atoms with Gasteiger partial charge in [-0.2, -0.15) is 0 Å². The summed E-state index contributed by atoms with van der Waals surface area (Å²) >= 11 is 0. The van der Waals surface area contributed by atoms with Gasteiger partial charge in [-0.25, -0.2) is 0 Å². The van der Waals surface area contributed by atoms with Gasteiger partial charge in [0.15, 0.2) is 0 Å². The van der Waals surface area contributed by atoms with E-state index in [-0.39, 0.29) is 0 Å². The van der Waals surface area contributed by atoms with E-state index in [1.807, 2.05) is 0 Å². The van der Waals surface area contributed by atoms with Gasteiger partial charge in [-0.1, -0.05) is 37.3 Å². The van der Waals surface area contributed by atoms with Crippen LogP contribution < -0.4 is 0 Å². The van der Waals surface area contributed by atoms with E-state index in [9.17, 15) is 0 Å². The molecule has 0 saturated carbocycles. The highest BCUT2D eigenvalue weighted by Gasteiger charge is 2.17.